The molecule has 0 aromatic carbocycles. The Morgan fingerprint density at radius 1 is 1.60 bits per heavy atom. The molecule has 1 saturated carbocycles. The van der Waals surface area contributed by atoms with Crippen molar-refractivity contribution < 1.29 is 14.6 Å². The van der Waals surface area contributed by atoms with E-state index in [2.05, 4.69) is 4.98 Å². The third-order valence-electron chi connectivity index (χ3n) is 2.15. The Morgan fingerprint density at radius 3 is 2.87 bits per heavy atom. The summed E-state index contributed by atoms with van der Waals surface area (Å²) in [4.78, 5) is 14.8. The number of hydrogen-bond acceptors (Lipinski definition) is 4. The molecule has 80 valence electrons. The lowest BCUT2D eigenvalue weighted by molar-refractivity contribution is 0.0684. The lowest BCUT2D eigenvalue weighted by Crippen LogP contribution is -2.10. The van der Waals surface area contributed by atoms with E-state index in [1.165, 1.54) is 0 Å². The zero-order valence-electron chi connectivity index (χ0n) is 8.14. The molecule has 3 N–H and O–H groups in total. The van der Waals surface area contributed by atoms with E-state index in [4.69, 9.17) is 15.6 Å². The molecule has 1 fully saturated rings. The Morgan fingerprint density at radius 2 is 2.33 bits per heavy atom. The number of carbonyl (C=O) groups is 1. The van der Waals surface area contributed by atoms with Gasteiger partial charge in [-0.15, -0.1) is 0 Å². The fourth-order valence-electron chi connectivity index (χ4n) is 1.21. The minimum Gasteiger partial charge on any atom is -0.488 e. The third kappa shape index (κ3) is 2.24. The maximum Gasteiger partial charge on any atom is 0.358 e. The van der Waals surface area contributed by atoms with E-state index in [9.17, 15) is 4.79 Å². The van der Waals surface area contributed by atoms with Gasteiger partial charge in [0.2, 0.25) is 0 Å². The first-order valence-corrected chi connectivity index (χ1v) is 4.80. The summed E-state index contributed by atoms with van der Waals surface area (Å²) in [6.45, 7) is 0.226. The van der Waals surface area contributed by atoms with Crippen molar-refractivity contribution >= 4 is 5.97 Å². The van der Waals surface area contributed by atoms with Crippen LogP contribution in [0.2, 0.25) is 0 Å². The van der Waals surface area contributed by atoms with Gasteiger partial charge in [-0.3, -0.25) is 0 Å². The number of ether oxygens (including phenoxy) is 1. The highest BCUT2D eigenvalue weighted by molar-refractivity contribution is 5.88. The topological polar surface area (TPSA) is 85.4 Å². The number of hydrogen-bond donors (Lipinski definition) is 2. The minimum atomic E-state index is -1.08. The highest BCUT2D eigenvalue weighted by atomic mass is 16.5. The van der Waals surface area contributed by atoms with Crippen LogP contribution < -0.4 is 10.5 Å². The van der Waals surface area contributed by atoms with Gasteiger partial charge in [0.05, 0.1) is 11.8 Å². The molecule has 0 atom stereocenters. The smallest absolute Gasteiger partial charge is 0.358 e. The highest BCUT2D eigenvalue weighted by Crippen LogP contribution is 2.28. The number of nitrogens with two attached hydrogens (primary N) is 1. The summed E-state index contributed by atoms with van der Waals surface area (Å²) in [5.41, 5.74) is 5.89. The number of carboxylic acid groups (broad SMARTS) is 1. The summed E-state index contributed by atoms with van der Waals surface area (Å²) in [6.07, 6.45) is 2.13. The van der Waals surface area contributed by atoms with Gasteiger partial charge in [-0.05, 0) is 25.0 Å². The Bertz CT molecular complexity index is 388. The summed E-state index contributed by atoms with van der Waals surface area (Å²) < 4.78 is 5.43. The quantitative estimate of drug-likeness (QED) is 0.763. The Labute approximate surface area is 86.9 Å². The second kappa shape index (κ2) is 3.86. The van der Waals surface area contributed by atoms with Gasteiger partial charge in [0.25, 0.3) is 0 Å². The molecule has 1 heterocycles. The molecule has 2 rings (SSSR count). The van der Waals surface area contributed by atoms with Crippen LogP contribution in [-0.4, -0.2) is 22.2 Å². The molecule has 0 bridgehead atoms. The molecule has 5 heteroatoms. The monoisotopic (exact) mass is 208 g/mol. The van der Waals surface area contributed by atoms with Crippen molar-refractivity contribution in [1.82, 2.24) is 4.98 Å². The maximum atomic E-state index is 10.9. The molecule has 0 aliphatic heterocycles. The van der Waals surface area contributed by atoms with Crippen molar-refractivity contribution in [3.05, 3.63) is 23.5 Å². The Balaban J connectivity index is 2.29. The van der Waals surface area contributed by atoms with Crippen LogP contribution in [0.5, 0.6) is 5.75 Å². The van der Waals surface area contributed by atoms with Crippen LogP contribution >= 0.6 is 0 Å². The molecule has 0 radical (unpaired) electrons. The van der Waals surface area contributed by atoms with E-state index < -0.39 is 5.97 Å². The fraction of sp³-hybridized carbons (Fsp3) is 0.400. The van der Waals surface area contributed by atoms with Crippen molar-refractivity contribution in [2.24, 2.45) is 5.73 Å². The summed E-state index contributed by atoms with van der Waals surface area (Å²) in [6, 6.07) is 3.31. The van der Waals surface area contributed by atoms with Crippen molar-refractivity contribution in [2.75, 3.05) is 0 Å². The van der Waals surface area contributed by atoms with Gasteiger partial charge < -0.3 is 15.6 Å². The maximum absolute atomic E-state index is 10.9. The molecule has 1 aromatic heterocycles. The minimum absolute atomic E-state index is 0.0511. The number of aromatic carboxylic acids is 1. The van der Waals surface area contributed by atoms with Gasteiger partial charge in [-0.2, -0.15) is 0 Å². The average molecular weight is 208 g/mol. The SMILES string of the molecule is NCc1ccc(OC2CC2)c(C(=O)O)n1. The third-order valence-corrected chi connectivity index (χ3v) is 2.15. The van der Waals surface area contributed by atoms with Crippen molar-refractivity contribution in [3.8, 4) is 5.75 Å². The summed E-state index contributed by atoms with van der Waals surface area (Å²) in [5, 5.41) is 8.94. The van der Waals surface area contributed by atoms with Crippen LogP contribution in [-0.2, 0) is 6.54 Å². The molecular weight excluding hydrogens is 196 g/mol. The molecular formula is C10H12N2O3. The first-order valence-electron chi connectivity index (χ1n) is 4.80. The van der Waals surface area contributed by atoms with Crippen LogP contribution in [0.25, 0.3) is 0 Å². The fourth-order valence-corrected chi connectivity index (χ4v) is 1.21. The van der Waals surface area contributed by atoms with E-state index in [1.54, 1.807) is 12.1 Å². The second-order valence-corrected chi connectivity index (χ2v) is 3.48. The van der Waals surface area contributed by atoms with Gasteiger partial charge in [-0.1, -0.05) is 0 Å². The predicted molar refractivity (Wildman–Crippen MR) is 52.7 cm³/mol. The van der Waals surface area contributed by atoms with Crippen LogP contribution in [0.1, 0.15) is 29.0 Å². The van der Waals surface area contributed by atoms with Crippen molar-refractivity contribution in [1.29, 1.82) is 0 Å². The van der Waals surface area contributed by atoms with E-state index >= 15 is 0 Å². The van der Waals surface area contributed by atoms with Gasteiger partial charge in [0.1, 0.15) is 0 Å². The summed E-state index contributed by atoms with van der Waals surface area (Å²) in [5.74, 6) is -0.747. The zero-order valence-corrected chi connectivity index (χ0v) is 8.14. The largest absolute Gasteiger partial charge is 0.488 e. The molecule has 0 amide bonds. The van der Waals surface area contributed by atoms with Crippen LogP contribution in [0.4, 0.5) is 0 Å². The summed E-state index contributed by atoms with van der Waals surface area (Å²) in [7, 11) is 0. The molecule has 15 heavy (non-hydrogen) atoms. The van der Waals surface area contributed by atoms with Crippen molar-refractivity contribution in [2.45, 2.75) is 25.5 Å². The molecule has 5 nitrogen and oxygen atoms in total. The number of nitrogens with zero attached hydrogens (tertiary/aromatic N) is 1. The van der Waals surface area contributed by atoms with Gasteiger partial charge in [0, 0.05) is 6.54 Å². The molecule has 0 unspecified atom stereocenters. The Hall–Kier alpha value is -1.62. The number of pyridine rings is 1. The van der Waals surface area contributed by atoms with Crippen LogP contribution in [0, 0.1) is 0 Å². The standard InChI is InChI=1S/C10H12N2O3/c11-5-6-1-4-8(15-7-2-3-7)9(12-6)10(13)14/h1,4,7H,2-3,5,11H2,(H,13,14). The molecule has 0 saturated heterocycles. The first-order chi connectivity index (χ1) is 7.20. The average Bonchev–Trinajstić information content (AvgIpc) is 3.02. The second-order valence-electron chi connectivity index (χ2n) is 3.48. The highest BCUT2D eigenvalue weighted by Gasteiger charge is 2.26. The van der Waals surface area contributed by atoms with E-state index in [0.29, 0.717) is 11.4 Å². The van der Waals surface area contributed by atoms with Gasteiger partial charge in [-0.25, -0.2) is 9.78 Å². The Kier molecular flexibility index (Phi) is 2.55. The zero-order chi connectivity index (χ0) is 10.8. The predicted octanol–water partition coefficient (Wildman–Crippen LogP) is 0.780. The first kappa shape index (κ1) is 9.92. The van der Waals surface area contributed by atoms with E-state index in [1.807, 2.05) is 0 Å². The van der Waals surface area contributed by atoms with E-state index in [-0.39, 0.29) is 18.3 Å². The van der Waals surface area contributed by atoms with E-state index in [0.717, 1.165) is 12.8 Å². The lowest BCUT2D eigenvalue weighted by Gasteiger charge is -2.08. The molecule has 0 spiro atoms. The molecule has 1 aliphatic rings. The van der Waals surface area contributed by atoms with Crippen molar-refractivity contribution in [3.63, 3.8) is 0 Å². The van der Waals surface area contributed by atoms with Gasteiger partial charge >= 0.3 is 5.97 Å². The lowest BCUT2D eigenvalue weighted by atomic mass is 10.2. The van der Waals surface area contributed by atoms with Gasteiger partial charge in [0.15, 0.2) is 11.4 Å². The van der Waals surface area contributed by atoms with Crippen LogP contribution in [0.3, 0.4) is 0 Å². The van der Waals surface area contributed by atoms with Crippen LogP contribution in [0.15, 0.2) is 12.1 Å². The molecule has 1 aliphatic carbocycles. The number of rotatable bonds is 4. The summed E-state index contributed by atoms with van der Waals surface area (Å²) >= 11 is 0. The molecule has 1 aromatic rings. The number of carboxylic acids is 1. The normalized spacial score (nSPS) is 15.0. The number of aromatic nitrogens is 1.